The fraction of sp³-hybridized carbons (Fsp3) is 0.188. The van der Waals surface area contributed by atoms with E-state index in [2.05, 4.69) is 10.5 Å². The molecule has 1 N–H and O–H groups in total. The average Bonchev–Trinajstić information content (AvgIpc) is 2.48. The number of hydrazone groups is 1. The van der Waals surface area contributed by atoms with Crippen molar-refractivity contribution < 1.29 is 8.42 Å². The van der Waals surface area contributed by atoms with Gasteiger partial charge in [0.15, 0.2) is 9.84 Å². The van der Waals surface area contributed by atoms with E-state index in [-0.39, 0.29) is 11.3 Å². The molecule has 0 bridgehead atoms. The van der Waals surface area contributed by atoms with Crippen LogP contribution in [0.25, 0.3) is 0 Å². The van der Waals surface area contributed by atoms with E-state index < -0.39 is 15.1 Å². The molecule has 0 aliphatic carbocycles. The Morgan fingerprint density at radius 2 is 1.71 bits per heavy atom. The highest BCUT2D eigenvalue weighted by atomic mass is 35.5. The molecule has 2 aromatic carbocycles. The zero-order valence-corrected chi connectivity index (χ0v) is 15.6. The van der Waals surface area contributed by atoms with Gasteiger partial charge in [-0.15, -0.1) is 0 Å². The van der Waals surface area contributed by atoms with Crippen LogP contribution in [0.15, 0.2) is 46.4 Å². The van der Waals surface area contributed by atoms with Crippen molar-refractivity contribution in [2.24, 2.45) is 5.10 Å². The van der Waals surface area contributed by atoms with Gasteiger partial charge in [-0.2, -0.15) is 5.10 Å². The molecule has 0 radical (unpaired) electrons. The van der Waals surface area contributed by atoms with E-state index in [4.69, 9.17) is 34.8 Å². The van der Waals surface area contributed by atoms with Gasteiger partial charge < -0.3 is 0 Å². The monoisotopic (exact) mass is 402 g/mol. The molecule has 0 amide bonds. The first-order chi connectivity index (χ1) is 11.3. The molecule has 24 heavy (non-hydrogen) atoms. The van der Waals surface area contributed by atoms with Gasteiger partial charge in [0, 0.05) is 27.1 Å². The van der Waals surface area contributed by atoms with Crippen molar-refractivity contribution in [2.45, 2.75) is 23.5 Å². The molecule has 0 saturated carbocycles. The predicted molar refractivity (Wildman–Crippen MR) is 99.3 cm³/mol. The minimum atomic E-state index is -3.38. The first-order valence-electron chi connectivity index (χ1n) is 7.10. The van der Waals surface area contributed by atoms with Crippen LogP contribution in [-0.2, 0) is 9.84 Å². The fourth-order valence-corrected chi connectivity index (χ4v) is 4.79. The van der Waals surface area contributed by atoms with Crippen LogP contribution in [0.2, 0.25) is 15.1 Å². The zero-order chi connectivity index (χ0) is 17.5. The highest BCUT2D eigenvalue weighted by molar-refractivity contribution is 7.92. The van der Waals surface area contributed by atoms with Gasteiger partial charge in [-0.3, -0.25) is 5.43 Å². The third-order valence-corrected chi connectivity index (χ3v) is 6.62. The first-order valence-corrected chi connectivity index (χ1v) is 9.78. The summed E-state index contributed by atoms with van der Waals surface area (Å²) in [5.74, 6) is 0. The van der Waals surface area contributed by atoms with Crippen LogP contribution >= 0.6 is 34.8 Å². The number of sulfone groups is 1. The van der Waals surface area contributed by atoms with E-state index in [1.54, 1.807) is 37.3 Å². The maximum atomic E-state index is 12.5. The molecular weight excluding hydrogens is 391 g/mol. The number of fused-ring (bicyclic) bond motifs is 1. The van der Waals surface area contributed by atoms with Crippen molar-refractivity contribution in [3.63, 3.8) is 0 Å². The van der Waals surface area contributed by atoms with Crippen molar-refractivity contribution in [3.05, 3.63) is 57.0 Å². The van der Waals surface area contributed by atoms with Crippen molar-refractivity contribution in [1.29, 1.82) is 0 Å². The number of anilines is 1. The van der Waals surface area contributed by atoms with Crippen LogP contribution in [0.3, 0.4) is 0 Å². The summed E-state index contributed by atoms with van der Waals surface area (Å²) in [4.78, 5) is 0.246. The lowest BCUT2D eigenvalue weighted by molar-refractivity contribution is 0.582. The molecule has 2 aromatic rings. The Balaban J connectivity index is 2.03. The third kappa shape index (κ3) is 3.40. The maximum absolute atomic E-state index is 12.5. The van der Waals surface area contributed by atoms with E-state index in [0.29, 0.717) is 32.0 Å². The maximum Gasteiger partial charge on any atom is 0.182 e. The third-order valence-electron chi connectivity index (χ3n) is 3.75. The summed E-state index contributed by atoms with van der Waals surface area (Å²) in [6, 6.07) is 9.68. The van der Waals surface area contributed by atoms with Gasteiger partial charge in [-0.1, -0.05) is 34.8 Å². The van der Waals surface area contributed by atoms with Crippen LogP contribution in [0.4, 0.5) is 5.69 Å². The first kappa shape index (κ1) is 17.5. The highest BCUT2D eigenvalue weighted by Crippen LogP contribution is 2.32. The summed E-state index contributed by atoms with van der Waals surface area (Å²) in [5, 5.41) is 5.22. The van der Waals surface area contributed by atoms with Gasteiger partial charge in [-0.05, 0) is 43.3 Å². The number of benzene rings is 2. The van der Waals surface area contributed by atoms with E-state index in [1.807, 2.05) is 0 Å². The molecule has 1 aliphatic heterocycles. The summed E-state index contributed by atoms with van der Waals surface area (Å²) < 4.78 is 24.9. The SMILES string of the molecule is C[C@@H]1C/C(=N/Nc2cc(Cl)cc(Cl)c2)c2cc(Cl)ccc2S1(=O)=O. The molecule has 1 heterocycles. The van der Waals surface area contributed by atoms with E-state index >= 15 is 0 Å². The quantitative estimate of drug-likeness (QED) is 0.716. The summed E-state index contributed by atoms with van der Waals surface area (Å²) in [5.41, 5.74) is 4.63. The number of nitrogens with zero attached hydrogens (tertiary/aromatic N) is 1. The van der Waals surface area contributed by atoms with Gasteiger partial charge in [0.2, 0.25) is 0 Å². The van der Waals surface area contributed by atoms with Crippen LogP contribution in [0, 0.1) is 0 Å². The lowest BCUT2D eigenvalue weighted by Crippen LogP contribution is -2.30. The molecule has 0 saturated heterocycles. The second-order valence-electron chi connectivity index (χ2n) is 5.53. The summed E-state index contributed by atoms with van der Waals surface area (Å²) in [6.45, 7) is 1.67. The second-order valence-corrected chi connectivity index (χ2v) is 9.17. The Kier molecular flexibility index (Phi) is 4.80. The number of hydrogen-bond acceptors (Lipinski definition) is 4. The molecule has 0 aromatic heterocycles. The predicted octanol–water partition coefficient (Wildman–Crippen LogP) is 5.03. The van der Waals surface area contributed by atoms with Gasteiger partial charge in [0.1, 0.15) is 0 Å². The minimum Gasteiger partial charge on any atom is -0.278 e. The zero-order valence-electron chi connectivity index (χ0n) is 12.6. The van der Waals surface area contributed by atoms with Crippen molar-refractivity contribution >= 4 is 56.0 Å². The van der Waals surface area contributed by atoms with Crippen molar-refractivity contribution in [2.75, 3.05) is 5.43 Å². The smallest absolute Gasteiger partial charge is 0.182 e. The molecular formula is C16H13Cl3N2O2S. The number of rotatable bonds is 2. The van der Waals surface area contributed by atoms with Crippen LogP contribution in [-0.4, -0.2) is 19.4 Å². The van der Waals surface area contributed by atoms with Crippen molar-refractivity contribution in [3.8, 4) is 0 Å². The Morgan fingerprint density at radius 3 is 2.38 bits per heavy atom. The number of halogens is 3. The minimum absolute atomic E-state index is 0.246. The molecule has 4 nitrogen and oxygen atoms in total. The van der Waals surface area contributed by atoms with Crippen LogP contribution < -0.4 is 5.43 Å². The Morgan fingerprint density at radius 1 is 1.04 bits per heavy atom. The molecule has 0 fully saturated rings. The molecule has 1 atom stereocenters. The van der Waals surface area contributed by atoms with Crippen LogP contribution in [0.5, 0.6) is 0 Å². The molecule has 0 spiro atoms. The number of hydrogen-bond donors (Lipinski definition) is 1. The molecule has 3 rings (SSSR count). The van der Waals surface area contributed by atoms with Crippen LogP contribution in [0.1, 0.15) is 18.9 Å². The fourth-order valence-electron chi connectivity index (χ4n) is 2.54. The Bertz CT molecular complexity index is 922. The Hall–Kier alpha value is -1.27. The lowest BCUT2D eigenvalue weighted by atomic mass is 10.1. The summed E-state index contributed by atoms with van der Waals surface area (Å²) >= 11 is 18.0. The van der Waals surface area contributed by atoms with Gasteiger partial charge in [-0.25, -0.2) is 8.42 Å². The normalized spacial score (nSPS) is 20.7. The lowest BCUT2D eigenvalue weighted by Gasteiger charge is -2.23. The topological polar surface area (TPSA) is 58.5 Å². The van der Waals surface area contributed by atoms with Crippen molar-refractivity contribution in [1.82, 2.24) is 0 Å². The molecule has 1 aliphatic rings. The summed E-state index contributed by atoms with van der Waals surface area (Å²) in [6.07, 6.45) is 0.289. The molecule has 0 unspecified atom stereocenters. The largest absolute Gasteiger partial charge is 0.278 e. The Labute approximate surface area is 155 Å². The average molecular weight is 404 g/mol. The molecule has 8 heteroatoms. The molecule has 126 valence electrons. The van der Waals surface area contributed by atoms with Gasteiger partial charge in [0.25, 0.3) is 0 Å². The van der Waals surface area contributed by atoms with Gasteiger partial charge in [0.05, 0.1) is 21.5 Å². The van der Waals surface area contributed by atoms with E-state index in [0.717, 1.165) is 0 Å². The standard InChI is InChI=1S/C16H13Cl3N2O2S/c1-9-4-15(21-20-13-6-11(18)5-12(19)7-13)14-8-10(17)2-3-16(14)24(9,22)23/h2-3,5-9,20H,4H2,1H3/b21-15-/t9-/m1/s1. The van der Waals surface area contributed by atoms with Gasteiger partial charge >= 0.3 is 0 Å². The number of nitrogens with one attached hydrogen (secondary N) is 1. The summed E-state index contributed by atoms with van der Waals surface area (Å²) in [7, 11) is -3.38. The van der Waals surface area contributed by atoms with E-state index in [1.165, 1.54) is 6.07 Å². The van der Waals surface area contributed by atoms with E-state index in [9.17, 15) is 8.42 Å². The second kappa shape index (κ2) is 6.56. The highest BCUT2D eigenvalue weighted by Gasteiger charge is 2.34.